The van der Waals surface area contributed by atoms with Gasteiger partial charge in [0.05, 0.1) is 11.6 Å². The summed E-state index contributed by atoms with van der Waals surface area (Å²) in [6.07, 6.45) is 0. The van der Waals surface area contributed by atoms with Gasteiger partial charge in [-0.25, -0.2) is 4.79 Å². The van der Waals surface area contributed by atoms with Crippen LogP contribution in [0.15, 0.2) is 18.2 Å². The molecule has 0 saturated carbocycles. The number of carbonyl (C=O) groups is 2. The van der Waals surface area contributed by atoms with Gasteiger partial charge in [0.1, 0.15) is 0 Å². The van der Waals surface area contributed by atoms with Crippen LogP contribution in [0, 0.1) is 0 Å². The van der Waals surface area contributed by atoms with Crippen molar-refractivity contribution in [1.82, 2.24) is 0 Å². The average molecular weight is 247 g/mol. The minimum absolute atomic E-state index is 0.0968. The molecule has 1 aromatic carbocycles. The van der Waals surface area contributed by atoms with E-state index in [9.17, 15) is 9.59 Å². The summed E-state index contributed by atoms with van der Waals surface area (Å²) in [6, 6.07) is 4.28. The van der Waals surface area contributed by atoms with Gasteiger partial charge in [-0.05, 0) is 25.1 Å². The van der Waals surface area contributed by atoms with E-state index in [1.54, 1.807) is 6.92 Å². The molecule has 1 rings (SSSR count). The van der Waals surface area contributed by atoms with Crippen molar-refractivity contribution < 1.29 is 14.3 Å². The van der Waals surface area contributed by atoms with Crippen molar-refractivity contribution in [2.24, 2.45) is 0 Å². The molecule has 0 radical (unpaired) electrons. The zero-order valence-electron chi connectivity index (χ0n) is 7.92. The number of Topliss-reactive ketones (excluding diaryl/α,β-unsaturated/α-hetero) is 1. The Kier molecular flexibility index (Phi) is 4.12. The summed E-state index contributed by atoms with van der Waals surface area (Å²) in [6.45, 7) is 1.77. The summed E-state index contributed by atoms with van der Waals surface area (Å²) in [7, 11) is 0. The van der Waals surface area contributed by atoms with Crippen molar-refractivity contribution in [3.63, 3.8) is 0 Å². The van der Waals surface area contributed by atoms with E-state index in [1.807, 2.05) is 0 Å². The molecule has 0 aliphatic heterocycles. The van der Waals surface area contributed by atoms with Crippen LogP contribution in [0.25, 0.3) is 0 Å². The number of ketones is 1. The van der Waals surface area contributed by atoms with Crippen LogP contribution in [0.4, 0.5) is 0 Å². The molecule has 1 aromatic rings. The quantitative estimate of drug-likeness (QED) is 0.468. The third-order valence-corrected chi connectivity index (χ3v) is 2.18. The summed E-state index contributed by atoms with van der Waals surface area (Å²) >= 11 is 11.4. The predicted molar refractivity (Wildman–Crippen MR) is 57.4 cm³/mol. The molecule has 0 aromatic heterocycles. The maximum atomic E-state index is 11.5. The van der Waals surface area contributed by atoms with Gasteiger partial charge in [0, 0.05) is 10.6 Å². The number of carbonyl (C=O) groups excluding carboxylic acids is 2. The molecular formula is C10H8Cl2O3. The van der Waals surface area contributed by atoms with E-state index in [4.69, 9.17) is 23.2 Å². The molecule has 0 amide bonds. The Hall–Kier alpha value is -1.06. The van der Waals surface area contributed by atoms with Crippen molar-refractivity contribution in [3.8, 4) is 0 Å². The maximum Gasteiger partial charge on any atom is 0.379 e. The highest BCUT2D eigenvalue weighted by Gasteiger charge is 2.20. The molecule has 3 nitrogen and oxygen atoms in total. The van der Waals surface area contributed by atoms with E-state index in [0.717, 1.165) is 0 Å². The normalized spacial score (nSPS) is 9.80. The van der Waals surface area contributed by atoms with E-state index in [1.165, 1.54) is 18.2 Å². The summed E-state index contributed by atoms with van der Waals surface area (Å²) < 4.78 is 4.56. The highest BCUT2D eigenvalue weighted by Crippen LogP contribution is 2.21. The molecule has 5 heteroatoms. The Balaban J connectivity index is 2.96. The zero-order chi connectivity index (χ0) is 11.4. The molecular weight excluding hydrogens is 239 g/mol. The molecule has 0 spiro atoms. The first-order valence-electron chi connectivity index (χ1n) is 4.22. The van der Waals surface area contributed by atoms with E-state index in [2.05, 4.69) is 4.74 Å². The SMILES string of the molecule is CCOC(=O)C(=O)c1ccc(Cl)cc1Cl. The van der Waals surface area contributed by atoms with E-state index >= 15 is 0 Å². The van der Waals surface area contributed by atoms with Crippen molar-refractivity contribution >= 4 is 35.0 Å². The lowest BCUT2D eigenvalue weighted by atomic mass is 10.1. The lowest BCUT2D eigenvalue weighted by molar-refractivity contribution is -0.137. The van der Waals surface area contributed by atoms with E-state index in [-0.39, 0.29) is 17.2 Å². The molecule has 0 fully saturated rings. The number of hydrogen-bond donors (Lipinski definition) is 0. The molecule has 0 aliphatic carbocycles. The number of halogens is 2. The molecule has 0 atom stereocenters. The van der Waals surface area contributed by atoms with Crippen LogP contribution in [-0.2, 0) is 9.53 Å². The number of hydrogen-bond acceptors (Lipinski definition) is 3. The molecule has 0 heterocycles. The molecule has 0 N–H and O–H groups in total. The molecule has 80 valence electrons. The summed E-state index contributed by atoms with van der Waals surface area (Å²) in [4.78, 5) is 22.6. The number of esters is 1. The highest BCUT2D eigenvalue weighted by molar-refractivity contribution is 6.46. The Labute approximate surface area is 96.9 Å². The lowest BCUT2D eigenvalue weighted by Crippen LogP contribution is -2.17. The van der Waals surface area contributed by atoms with Crippen LogP contribution in [0.2, 0.25) is 10.0 Å². The third-order valence-electron chi connectivity index (χ3n) is 1.64. The topological polar surface area (TPSA) is 43.4 Å². The second kappa shape index (κ2) is 5.14. The monoisotopic (exact) mass is 246 g/mol. The minimum Gasteiger partial charge on any atom is -0.460 e. The standard InChI is InChI=1S/C10H8Cl2O3/c1-2-15-10(14)9(13)7-4-3-6(11)5-8(7)12/h3-5H,2H2,1H3. The van der Waals surface area contributed by atoms with Crippen LogP contribution in [0.3, 0.4) is 0 Å². The second-order valence-corrected chi connectivity index (χ2v) is 3.52. The lowest BCUT2D eigenvalue weighted by Gasteiger charge is -2.03. The van der Waals surface area contributed by atoms with Gasteiger partial charge < -0.3 is 4.74 Å². The van der Waals surface area contributed by atoms with Crippen LogP contribution in [0.1, 0.15) is 17.3 Å². The highest BCUT2D eigenvalue weighted by atomic mass is 35.5. The van der Waals surface area contributed by atoms with Crippen molar-refractivity contribution in [3.05, 3.63) is 33.8 Å². The second-order valence-electron chi connectivity index (χ2n) is 2.67. The molecule has 0 bridgehead atoms. The van der Waals surface area contributed by atoms with Gasteiger partial charge in [0.2, 0.25) is 0 Å². The van der Waals surface area contributed by atoms with Crippen LogP contribution in [0.5, 0.6) is 0 Å². The van der Waals surface area contributed by atoms with Crippen LogP contribution < -0.4 is 0 Å². The maximum absolute atomic E-state index is 11.5. The van der Waals surface area contributed by atoms with Gasteiger partial charge in [-0.3, -0.25) is 4.79 Å². The van der Waals surface area contributed by atoms with Crippen molar-refractivity contribution in [2.45, 2.75) is 6.92 Å². The van der Waals surface area contributed by atoms with Gasteiger partial charge in [-0.2, -0.15) is 0 Å². The first-order valence-corrected chi connectivity index (χ1v) is 4.98. The molecule has 0 unspecified atom stereocenters. The van der Waals surface area contributed by atoms with Gasteiger partial charge in [0.25, 0.3) is 5.78 Å². The fourth-order valence-corrected chi connectivity index (χ4v) is 1.47. The largest absolute Gasteiger partial charge is 0.460 e. The van der Waals surface area contributed by atoms with Gasteiger partial charge in [-0.1, -0.05) is 23.2 Å². The summed E-state index contributed by atoms with van der Waals surface area (Å²) in [5.41, 5.74) is 0.0968. The van der Waals surface area contributed by atoms with Crippen molar-refractivity contribution in [2.75, 3.05) is 6.61 Å². The Bertz CT molecular complexity index is 402. The van der Waals surface area contributed by atoms with E-state index in [0.29, 0.717) is 5.02 Å². The predicted octanol–water partition coefficient (Wildman–Crippen LogP) is 2.74. The fraction of sp³-hybridized carbons (Fsp3) is 0.200. The minimum atomic E-state index is -0.915. The number of ether oxygens (including phenoxy) is 1. The van der Waals surface area contributed by atoms with Gasteiger partial charge in [-0.15, -0.1) is 0 Å². The molecule has 0 saturated heterocycles. The summed E-state index contributed by atoms with van der Waals surface area (Å²) in [5.74, 6) is -1.68. The smallest absolute Gasteiger partial charge is 0.379 e. The first kappa shape index (κ1) is 12.0. The third kappa shape index (κ3) is 2.94. The van der Waals surface area contributed by atoms with Crippen molar-refractivity contribution in [1.29, 1.82) is 0 Å². The van der Waals surface area contributed by atoms with E-state index < -0.39 is 11.8 Å². The molecule has 0 aliphatic rings. The number of benzene rings is 1. The van der Waals surface area contributed by atoms with Gasteiger partial charge in [0.15, 0.2) is 0 Å². The molecule has 15 heavy (non-hydrogen) atoms. The first-order chi connectivity index (χ1) is 7.06. The Morgan fingerprint density at radius 1 is 1.33 bits per heavy atom. The van der Waals surface area contributed by atoms with Gasteiger partial charge >= 0.3 is 5.97 Å². The zero-order valence-corrected chi connectivity index (χ0v) is 9.43. The van der Waals surface area contributed by atoms with Crippen LogP contribution in [-0.4, -0.2) is 18.4 Å². The number of rotatable bonds is 3. The Morgan fingerprint density at radius 3 is 2.53 bits per heavy atom. The van der Waals surface area contributed by atoms with Crippen LogP contribution >= 0.6 is 23.2 Å². The average Bonchev–Trinajstić information content (AvgIpc) is 2.17. The fourth-order valence-electron chi connectivity index (χ4n) is 0.980. The summed E-state index contributed by atoms with van der Waals surface area (Å²) in [5, 5.41) is 0.543. The Morgan fingerprint density at radius 2 is 2.00 bits per heavy atom.